The van der Waals surface area contributed by atoms with E-state index in [4.69, 9.17) is 18.1 Å². The standard InChI is InChI=1S/C14H30N2O6P2/c1-13(2)9-19-23(17,20-10-13)15(5)7-8-16(6)24(18)21-11-14(3,4)12-22-24/h7-12H2,1-6H3. The van der Waals surface area contributed by atoms with Crippen molar-refractivity contribution >= 4 is 15.5 Å². The third-order valence-corrected chi connectivity index (χ3v) is 7.95. The van der Waals surface area contributed by atoms with Gasteiger partial charge in [0.05, 0.1) is 26.4 Å². The van der Waals surface area contributed by atoms with Gasteiger partial charge in [0.2, 0.25) is 0 Å². The molecule has 2 aliphatic heterocycles. The lowest BCUT2D eigenvalue weighted by Crippen LogP contribution is -2.37. The Balaban J connectivity index is 1.86. The predicted octanol–water partition coefficient (Wildman–Crippen LogP) is 3.21. The summed E-state index contributed by atoms with van der Waals surface area (Å²) >= 11 is 0. The molecule has 2 fully saturated rings. The van der Waals surface area contributed by atoms with Crippen LogP contribution in [0.25, 0.3) is 0 Å². The van der Waals surface area contributed by atoms with E-state index in [9.17, 15) is 9.13 Å². The topological polar surface area (TPSA) is 77.5 Å². The summed E-state index contributed by atoms with van der Waals surface area (Å²) in [4.78, 5) is 0. The Labute approximate surface area is 144 Å². The van der Waals surface area contributed by atoms with Gasteiger partial charge in [-0.2, -0.15) is 0 Å². The molecule has 24 heavy (non-hydrogen) atoms. The van der Waals surface area contributed by atoms with Crippen molar-refractivity contribution < 1.29 is 27.2 Å². The molecular formula is C14H30N2O6P2. The number of nitrogens with zero attached hydrogens (tertiary/aromatic N) is 2. The third kappa shape index (κ3) is 4.89. The molecule has 2 rings (SSSR count). The van der Waals surface area contributed by atoms with Gasteiger partial charge in [-0.3, -0.25) is 18.1 Å². The molecule has 0 amide bonds. The molecular weight excluding hydrogens is 354 g/mol. The minimum Gasteiger partial charge on any atom is -0.296 e. The van der Waals surface area contributed by atoms with Gasteiger partial charge in [0.15, 0.2) is 0 Å². The smallest absolute Gasteiger partial charge is 0.296 e. The van der Waals surface area contributed by atoms with Crippen molar-refractivity contribution in [2.75, 3.05) is 53.6 Å². The van der Waals surface area contributed by atoms with Crippen molar-refractivity contribution in [3.63, 3.8) is 0 Å². The Morgan fingerprint density at radius 2 is 0.958 bits per heavy atom. The molecule has 0 aromatic rings. The molecule has 0 aromatic carbocycles. The van der Waals surface area contributed by atoms with Gasteiger partial charge >= 0.3 is 15.5 Å². The normalized spacial score (nSPS) is 28.2. The fourth-order valence-corrected chi connectivity index (χ4v) is 5.77. The zero-order valence-electron chi connectivity index (χ0n) is 15.5. The maximum absolute atomic E-state index is 12.7. The van der Waals surface area contributed by atoms with Crippen LogP contribution in [0.4, 0.5) is 0 Å². The zero-order chi connectivity index (χ0) is 18.2. The lowest BCUT2D eigenvalue weighted by molar-refractivity contribution is 0.0183. The minimum atomic E-state index is -3.29. The molecule has 8 nitrogen and oxygen atoms in total. The van der Waals surface area contributed by atoms with Gasteiger partial charge in [-0.05, 0) is 14.1 Å². The van der Waals surface area contributed by atoms with Gasteiger partial charge in [0.1, 0.15) is 0 Å². The van der Waals surface area contributed by atoms with E-state index in [-0.39, 0.29) is 10.8 Å². The molecule has 0 spiro atoms. The molecule has 0 aliphatic carbocycles. The summed E-state index contributed by atoms with van der Waals surface area (Å²) < 4.78 is 50.4. The Morgan fingerprint density at radius 3 is 1.21 bits per heavy atom. The SMILES string of the molecule is CN(CCN(C)P1(=O)OCC(C)(C)CO1)P1(=O)OCC(C)(C)CO1. The number of likely N-dealkylation sites (N-methyl/N-ethyl adjacent to an activating group) is 2. The number of hydrogen-bond donors (Lipinski definition) is 0. The fraction of sp³-hybridized carbons (Fsp3) is 1.00. The van der Waals surface area contributed by atoms with E-state index in [0.29, 0.717) is 39.5 Å². The van der Waals surface area contributed by atoms with E-state index < -0.39 is 15.5 Å². The summed E-state index contributed by atoms with van der Waals surface area (Å²) in [6.45, 7) is 10.2. The minimum absolute atomic E-state index is 0.146. The van der Waals surface area contributed by atoms with Crippen LogP contribution in [-0.4, -0.2) is 63.0 Å². The van der Waals surface area contributed by atoms with Crippen molar-refractivity contribution in [1.29, 1.82) is 0 Å². The summed E-state index contributed by atoms with van der Waals surface area (Å²) in [5.74, 6) is 0. The van der Waals surface area contributed by atoms with E-state index in [2.05, 4.69) is 0 Å². The average Bonchev–Trinajstić information content (AvgIpc) is 2.51. The second kappa shape index (κ2) is 7.09. The van der Waals surface area contributed by atoms with Gasteiger partial charge < -0.3 is 0 Å². The summed E-state index contributed by atoms with van der Waals surface area (Å²) in [6.07, 6.45) is 0. The van der Waals surface area contributed by atoms with Gasteiger partial charge in [-0.15, -0.1) is 0 Å². The van der Waals surface area contributed by atoms with E-state index in [0.717, 1.165) is 0 Å². The summed E-state index contributed by atoms with van der Waals surface area (Å²) in [5, 5.41) is 0. The lowest BCUT2D eigenvalue weighted by atomic mass is 9.97. The van der Waals surface area contributed by atoms with Gasteiger partial charge in [0.25, 0.3) is 0 Å². The summed E-state index contributed by atoms with van der Waals surface area (Å²) in [7, 11) is -3.23. The molecule has 0 N–H and O–H groups in total. The molecule has 2 saturated heterocycles. The highest BCUT2D eigenvalue weighted by atomic mass is 31.2. The first-order chi connectivity index (χ1) is 10.9. The lowest BCUT2D eigenvalue weighted by Gasteiger charge is -2.39. The van der Waals surface area contributed by atoms with Crippen molar-refractivity contribution in [3.05, 3.63) is 0 Å². The van der Waals surface area contributed by atoms with E-state index in [1.165, 1.54) is 0 Å². The second-order valence-electron chi connectivity index (χ2n) is 8.12. The van der Waals surface area contributed by atoms with Crippen LogP contribution >= 0.6 is 15.5 Å². The van der Waals surface area contributed by atoms with Gasteiger partial charge in [-0.25, -0.2) is 18.5 Å². The van der Waals surface area contributed by atoms with Gasteiger partial charge in [0, 0.05) is 23.9 Å². The van der Waals surface area contributed by atoms with Crippen LogP contribution in [0.2, 0.25) is 0 Å². The number of rotatable bonds is 5. The maximum Gasteiger partial charge on any atom is 0.407 e. The van der Waals surface area contributed by atoms with E-state index in [1.807, 2.05) is 27.7 Å². The van der Waals surface area contributed by atoms with Crippen LogP contribution in [0.5, 0.6) is 0 Å². The van der Waals surface area contributed by atoms with Crippen molar-refractivity contribution in [3.8, 4) is 0 Å². The molecule has 0 unspecified atom stereocenters. The van der Waals surface area contributed by atoms with Crippen molar-refractivity contribution in [1.82, 2.24) is 9.34 Å². The fourth-order valence-electron chi connectivity index (χ4n) is 2.11. The average molecular weight is 384 g/mol. The molecule has 0 aromatic heterocycles. The first-order valence-electron chi connectivity index (χ1n) is 8.09. The molecule has 2 aliphatic rings. The molecule has 0 bridgehead atoms. The largest absolute Gasteiger partial charge is 0.407 e. The Morgan fingerprint density at radius 1 is 0.708 bits per heavy atom. The molecule has 0 atom stereocenters. The van der Waals surface area contributed by atoms with Crippen LogP contribution in [0.15, 0.2) is 0 Å². The second-order valence-corrected chi connectivity index (χ2v) is 12.4. The number of hydrogen-bond acceptors (Lipinski definition) is 6. The monoisotopic (exact) mass is 384 g/mol. The van der Waals surface area contributed by atoms with Crippen LogP contribution in [-0.2, 0) is 27.2 Å². The molecule has 2 heterocycles. The maximum atomic E-state index is 12.7. The van der Waals surface area contributed by atoms with Crippen LogP contribution in [0.3, 0.4) is 0 Å². The van der Waals surface area contributed by atoms with Crippen LogP contribution in [0.1, 0.15) is 27.7 Å². The quantitative estimate of drug-likeness (QED) is 0.669. The van der Waals surface area contributed by atoms with E-state index >= 15 is 0 Å². The Bertz CT molecular complexity index is 477. The third-order valence-electron chi connectivity index (χ3n) is 4.06. The first kappa shape index (κ1) is 20.5. The Kier molecular flexibility index (Phi) is 6.06. The van der Waals surface area contributed by atoms with Crippen molar-refractivity contribution in [2.24, 2.45) is 10.8 Å². The molecule has 142 valence electrons. The van der Waals surface area contributed by atoms with Crippen molar-refractivity contribution in [2.45, 2.75) is 27.7 Å². The van der Waals surface area contributed by atoms with Crippen LogP contribution < -0.4 is 0 Å². The summed E-state index contributed by atoms with van der Waals surface area (Å²) in [6, 6.07) is 0. The van der Waals surface area contributed by atoms with E-state index in [1.54, 1.807) is 23.4 Å². The highest BCUT2D eigenvalue weighted by Gasteiger charge is 2.42. The molecule has 10 heteroatoms. The summed E-state index contributed by atoms with van der Waals surface area (Å²) in [5.41, 5.74) is -0.292. The molecule has 0 radical (unpaired) electrons. The molecule has 0 saturated carbocycles. The predicted molar refractivity (Wildman–Crippen MR) is 91.8 cm³/mol. The highest BCUT2D eigenvalue weighted by molar-refractivity contribution is 7.51. The Hall–Kier alpha value is 0.220. The zero-order valence-corrected chi connectivity index (χ0v) is 17.3. The highest BCUT2D eigenvalue weighted by Crippen LogP contribution is 2.57. The van der Waals surface area contributed by atoms with Gasteiger partial charge in [-0.1, -0.05) is 27.7 Å². The first-order valence-corrected chi connectivity index (χ1v) is 11.1. The van der Waals surface area contributed by atoms with Crippen LogP contribution in [0, 0.1) is 10.8 Å².